The Bertz CT molecular complexity index is 106. The van der Waals surface area contributed by atoms with Gasteiger partial charge in [-0.15, -0.1) is 0 Å². The molecule has 0 atom stereocenters. The molecule has 0 bridgehead atoms. The zero-order chi connectivity index (χ0) is 7.23. The number of nitrogens with zero attached hydrogens (tertiary/aromatic N) is 1. The summed E-state index contributed by atoms with van der Waals surface area (Å²) >= 11 is 0. The third kappa shape index (κ3) is 2.50. The minimum atomic E-state index is 0.880. The van der Waals surface area contributed by atoms with Gasteiger partial charge in [-0.25, -0.2) is 0 Å². The normalized spacial score (nSPS) is 22.1. The topological polar surface area (TPSA) is 12.5 Å². The molecule has 1 rings (SSSR count). The second-order valence-corrected chi connectivity index (χ2v) is 2.38. The van der Waals surface area contributed by atoms with Crippen LogP contribution in [-0.4, -0.2) is 37.7 Å². The third-order valence-electron chi connectivity index (χ3n) is 1.63. The fourth-order valence-electron chi connectivity index (χ4n) is 1.01. The molecule has 1 saturated heterocycles. The first kappa shape index (κ1) is 7.76. The molecule has 0 saturated carbocycles. The smallest absolute Gasteiger partial charge is 0.0594 e. The lowest BCUT2D eigenvalue weighted by Gasteiger charge is -2.24. The van der Waals surface area contributed by atoms with Gasteiger partial charge in [-0.1, -0.05) is 12.2 Å². The van der Waals surface area contributed by atoms with Crippen LogP contribution >= 0.6 is 0 Å². The van der Waals surface area contributed by atoms with Crippen molar-refractivity contribution in [1.82, 2.24) is 4.90 Å². The molecule has 1 fully saturated rings. The first-order valence-electron chi connectivity index (χ1n) is 3.68. The summed E-state index contributed by atoms with van der Waals surface area (Å²) in [6.45, 7) is 8.53. The minimum absolute atomic E-state index is 0.880. The Morgan fingerprint density at radius 1 is 1.40 bits per heavy atom. The van der Waals surface area contributed by atoms with Gasteiger partial charge >= 0.3 is 0 Å². The lowest BCUT2D eigenvalue weighted by Crippen LogP contribution is -2.36. The SMILES string of the molecule is [CH2]/C=C/CN1CCOCC1. The Hall–Kier alpha value is -0.340. The first-order valence-corrected chi connectivity index (χ1v) is 3.68. The van der Waals surface area contributed by atoms with Crippen LogP contribution in [0.4, 0.5) is 0 Å². The first-order chi connectivity index (χ1) is 4.93. The summed E-state index contributed by atoms with van der Waals surface area (Å²) in [6, 6.07) is 0. The van der Waals surface area contributed by atoms with Gasteiger partial charge in [0.15, 0.2) is 0 Å². The summed E-state index contributed by atoms with van der Waals surface area (Å²) in [5.74, 6) is 0. The van der Waals surface area contributed by atoms with Gasteiger partial charge in [0.2, 0.25) is 0 Å². The van der Waals surface area contributed by atoms with Crippen LogP contribution < -0.4 is 0 Å². The molecule has 1 heterocycles. The standard InChI is InChI=1S/C8H14NO/c1-2-3-4-9-5-7-10-8-6-9/h2-3H,1,4-8H2/b3-2+. The van der Waals surface area contributed by atoms with E-state index in [4.69, 9.17) is 4.74 Å². The van der Waals surface area contributed by atoms with Crippen molar-refractivity contribution in [3.8, 4) is 0 Å². The van der Waals surface area contributed by atoms with Gasteiger partial charge in [0.05, 0.1) is 13.2 Å². The van der Waals surface area contributed by atoms with E-state index in [0.717, 1.165) is 32.8 Å². The summed E-state index contributed by atoms with van der Waals surface area (Å²) in [5.41, 5.74) is 0. The van der Waals surface area contributed by atoms with Gasteiger partial charge in [-0.2, -0.15) is 0 Å². The molecular weight excluding hydrogens is 126 g/mol. The van der Waals surface area contributed by atoms with Crippen LogP contribution in [0, 0.1) is 6.92 Å². The van der Waals surface area contributed by atoms with E-state index < -0.39 is 0 Å². The fraction of sp³-hybridized carbons (Fsp3) is 0.625. The van der Waals surface area contributed by atoms with Crippen molar-refractivity contribution in [2.45, 2.75) is 0 Å². The molecule has 1 aliphatic rings. The Morgan fingerprint density at radius 3 is 2.70 bits per heavy atom. The molecule has 2 nitrogen and oxygen atoms in total. The fourth-order valence-corrected chi connectivity index (χ4v) is 1.01. The summed E-state index contributed by atoms with van der Waals surface area (Å²) in [7, 11) is 0. The quantitative estimate of drug-likeness (QED) is 0.560. The molecule has 0 N–H and O–H groups in total. The van der Waals surface area contributed by atoms with E-state index in [1.807, 2.05) is 6.08 Å². The highest BCUT2D eigenvalue weighted by molar-refractivity contribution is 4.87. The van der Waals surface area contributed by atoms with E-state index >= 15 is 0 Å². The van der Waals surface area contributed by atoms with Crippen LogP contribution in [0.3, 0.4) is 0 Å². The zero-order valence-electron chi connectivity index (χ0n) is 6.25. The Labute approximate surface area is 62.5 Å². The maximum atomic E-state index is 5.20. The van der Waals surface area contributed by atoms with Crippen LogP contribution in [0.2, 0.25) is 0 Å². The largest absolute Gasteiger partial charge is 0.379 e. The molecule has 1 radical (unpaired) electrons. The Kier molecular flexibility index (Phi) is 3.47. The molecule has 0 aromatic carbocycles. The molecule has 10 heavy (non-hydrogen) atoms. The van der Waals surface area contributed by atoms with Crippen molar-refractivity contribution in [2.24, 2.45) is 0 Å². The molecule has 0 spiro atoms. The number of morpholine rings is 1. The number of rotatable bonds is 2. The molecule has 0 aromatic heterocycles. The molecular formula is C8H14NO. The van der Waals surface area contributed by atoms with Crippen molar-refractivity contribution in [2.75, 3.05) is 32.8 Å². The molecule has 1 aliphatic heterocycles. The van der Waals surface area contributed by atoms with Crippen LogP contribution in [0.5, 0.6) is 0 Å². The average Bonchev–Trinajstić information content (AvgIpc) is 2.03. The molecule has 0 aliphatic carbocycles. The molecule has 0 amide bonds. The van der Waals surface area contributed by atoms with Crippen LogP contribution in [-0.2, 0) is 4.74 Å². The average molecular weight is 140 g/mol. The highest BCUT2D eigenvalue weighted by Gasteiger charge is 2.06. The van der Waals surface area contributed by atoms with Gasteiger partial charge in [0, 0.05) is 19.6 Å². The number of hydrogen-bond acceptors (Lipinski definition) is 2. The highest BCUT2D eigenvalue weighted by Crippen LogP contribution is 1.95. The van der Waals surface area contributed by atoms with Crippen molar-refractivity contribution in [3.05, 3.63) is 19.1 Å². The van der Waals surface area contributed by atoms with E-state index in [1.165, 1.54) is 0 Å². The van der Waals surface area contributed by atoms with Crippen molar-refractivity contribution >= 4 is 0 Å². The van der Waals surface area contributed by atoms with E-state index in [9.17, 15) is 0 Å². The summed E-state index contributed by atoms with van der Waals surface area (Å²) in [4.78, 5) is 2.35. The Balaban J connectivity index is 2.13. The van der Waals surface area contributed by atoms with Gasteiger partial charge in [0.1, 0.15) is 0 Å². The van der Waals surface area contributed by atoms with E-state index in [2.05, 4.69) is 17.9 Å². The van der Waals surface area contributed by atoms with E-state index in [0.29, 0.717) is 0 Å². The maximum absolute atomic E-state index is 5.20. The lowest BCUT2D eigenvalue weighted by atomic mass is 10.4. The second kappa shape index (κ2) is 4.47. The second-order valence-electron chi connectivity index (χ2n) is 2.38. The maximum Gasteiger partial charge on any atom is 0.0594 e. The third-order valence-corrected chi connectivity index (χ3v) is 1.63. The molecule has 2 heteroatoms. The predicted molar refractivity (Wildman–Crippen MR) is 41.8 cm³/mol. The summed E-state index contributed by atoms with van der Waals surface area (Å²) < 4.78 is 5.20. The minimum Gasteiger partial charge on any atom is -0.379 e. The van der Waals surface area contributed by atoms with Gasteiger partial charge < -0.3 is 4.74 Å². The molecule has 0 unspecified atom stereocenters. The van der Waals surface area contributed by atoms with Crippen molar-refractivity contribution in [3.63, 3.8) is 0 Å². The van der Waals surface area contributed by atoms with E-state index in [-0.39, 0.29) is 0 Å². The lowest BCUT2D eigenvalue weighted by molar-refractivity contribution is 0.0434. The number of hydrogen-bond donors (Lipinski definition) is 0. The number of allylic oxidation sites excluding steroid dienone is 1. The van der Waals surface area contributed by atoms with Crippen LogP contribution in [0.25, 0.3) is 0 Å². The summed E-state index contributed by atoms with van der Waals surface area (Å²) in [5, 5.41) is 0. The Morgan fingerprint density at radius 2 is 2.10 bits per heavy atom. The van der Waals surface area contributed by atoms with Crippen LogP contribution in [0.15, 0.2) is 12.2 Å². The molecule has 57 valence electrons. The van der Waals surface area contributed by atoms with Gasteiger partial charge in [-0.05, 0) is 6.92 Å². The monoisotopic (exact) mass is 140 g/mol. The predicted octanol–water partition coefficient (Wildman–Crippen LogP) is 0.709. The van der Waals surface area contributed by atoms with Crippen LogP contribution in [0.1, 0.15) is 0 Å². The number of ether oxygens (including phenoxy) is 1. The van der Waals surface area contributed by atoms with E-state index in [1.54, 1.807) is 0 Å². The summed E-state index contributed by atoms with van der Waals surface area (Å²) in [6.07, 6.45) is 3.92. The zero-order valence-corrected chi connectivity index (χ0v) is 6.25. The van der Waals surface area contributed by atoms with Gasteiger partial charge in [-0.3, -0.25) is 4.90 Å². The molecule has 0 aromatic rings. The van der Waals surface area contributed by atoms with Gasteiger partial charge in [0.25, 0.3) is 0 Å². The van der Waals surface area contributed by atoms with Crippen molar-refractivity contribution in [1.29, 1.82) is 0 Å². The highest BCUT2D eigenvalue weighted by atomic mass is 16.5. The van der Waals surface area contributed by atoms with Crippen molar-refractivity contribution < 1.29 is 4.74 Å².